The van der Waals surface area contributed by atoms with E-state index in [1.807, 2.05) is 24.3 Å². The number of nitrogens with one attached hydrogen (secondary N) is 1. The molecular weight excluding hydrogens is 246 g/mol. The molecule has 16 heavy (non-hydrogen) atoms. The van der Waals surface area contributed by atoms with E-state index >= 15 is 0 Å². The van der Waals surface area contributed by atoms with E-state index in [2.05, 4.69) is 5.32 Å². The summed E-state index contributed by atoms with van der Waals surface area (Å²) >= 11 is 5.86. The molecule has 0 saturated carbocycles. The molecule has 0 radical (unpaired) electrons. The topological polar surface area (TPSA) is 46.2 Å². The minimum Gasteiger partial charge on any atom is -0.309 e. The Morgan fingerprint density at radius 3 is 2.88 bits per heavy atom. The molecule has 1 aliphatic heterocycles. The van der Waals surface area contributed by atoms with Crippen LogP contribution < -0.4 is 5.32 Å². The molecule has 1 N–H and O–H groups in total. The fourth-order valence-corrected chi connectivity index (χ4v) is 3.79. The Morgan fingerprint density at radius 2 is 2.25 bits per heavy atom. The second-order valence-corrected chi connectivity index (χ2v) is 6.78. The molecule has 2 rings (SSSR count). The Kier molecular flexibility index (Phi) is 3.52. The number of sulfone groups is 1. The zero-order chi connectivity index (χ0) is 11.6. The van der Waals surface area contributed by atoms with Crippen molar-refractivity contribution in [1.29, 1.82) is 0 Å². The fourth-order valence-electron chi connectivity index (χ4n) is 1.87. The highest BCUT2D eigenvalue weighted by molar-refractivity contribution is 7.91. The summed E-state index contributed by atoms with van der Waals surface area (Å²) in [5, 5.41) is 3.95. The number of hydrogen-bond acceptors (Lipinski definition) is 3. The van der Waals surface area contributed by atoms with E-state index in [0.717, 1.165) is 5.56 Å². The van der Waals surface area contributed by atoms with Crippen LogP contribution in [-0.4, -0.2) is 26.0 Å². The van der Waals surface area contributed by atoms with Crippen molar-refractivity contribution in [2.45, 2.75) is 19.0 Å². The molecule has 5 heteroatoms. The molecule has 0 spiro atoms. The van der Waals surface area contributed by atoms with E-state index in [-0.39, 0.29) is 11.8 Å². The lowest BCUT2D eigenvalue weighted by Crippen LogP contribution is -2.29. The summed E-state index contributed by atoms with van der Waals surface area (Å²) in [5.74, 6) is 0.563. The lowest BCUT2D eigenvalue weighted by Gasteiger charge is -2.10. The average molecular weight is 260 g/mol. The predicted molar refractivity (Wildman–Crippen MR) is 65.4 cm³/mol. The van der Waals surface area contributed by atoms with Gasteiger partial charge in [0.05, 0.1) is 11.5 Å². The van der Waals surface area contributed by atoms with Crippen LogP contribution in [0.2, 0.25) is 5.02 Å². The van der Waals surface area contributed by atoms with Gasteiger partial charge in [0.1, 0.15) is 0 Å². The van der Waals surface area contributed by atoms with Crippen LogP contribution in [0.3, 0.4) is 0 Å². The van der Waals surface area contributed by atoms with Crippen molar-refractivity contribution < 1.29 is 8.42 Å². The highest BCUT2D eigenvalue weighted by Gasteiger charge is 2.27. The third-order valence-electron chi connectivity index (χ3n) is 2.72. The van der Waals surface area contributed by atoms with E-state index in [9.17, 15) is 8.42 Å². The minimum absolute atomic E-state index is 0.0870. The maximum atomic E-state index is 11.2. The lowest BCUT2D eigenvalue weighted by molar-refractivity contribution is 0.554. The van der Waals surface area contributed by atoms with Crippen molar-refractivity contribution >= 4 is 21.4 Å². The predicted octanol–water partition coefficient (Wildman–Crippen LogP) is 1.62. The maximum absolute atomic E-state index is 11.2. The van der Waals surface area contributed by atoms with Gasteiger partial charge in [-0.2, -0.15) is 0 Å². The Morgan fingerprint density at radius 1 is 1.44 bits per heavy atom. The molecule has 0 aromatic heterocycles. The molecule has 0 unspecified atom stereocenters. The second-order valence-electron chi connectivity index (χ2n) is 4.11. The first-order valence-corrected chi connectivity index (χ1v) is 7.43. The van der Waals surface area contributed by atoms with E-state index in [1.165, 1.54) is 0 Å². The van der Waals surface area contributed by atoms with E-state index in [0.29, 0.717) is 23.7 Å². The van der Waals surface area contributed by atoms with Crippen molar-refractivity contribution in [2.24, 2.45) is 0 Å². The number of rotatable bonds is 3. The summed E-state index contributed by atoms with van der Waals surface area (Å²) in [6.07, 6.45) is 0.711. The first-order chi connectivity index (χ1) is 7.55. The molecule has 88 valence electrons. The van der Waals surface area contributed by atoms with Crippen LogP contribution in [0.15, 0.2) is 24.3 Å². The molecule has 0 amide bonds. The molecule has 1 heterocycles. The molecule has 1 atom stereocenters. The SMILES string of the molecule is O=S1(=O)CC[C@@H](NCc2cccc(Cl)c2)C1. The summed E-state index contributed by atoms with van der Waals surface area (Å²) < 4.78 is 22.5. The minimum atomic E-state index is -2.80. The van der Waals surface area contributed by atoms with E-state index in [4.69, 9.17) is 11.6 Å². The van der Waals surface area contributed by atoms with Gasteiger partial charge < -0.3 is 5.32 Å². The van der Waals surface area contributed by atoms with Crippen LogP contribution in [0.25, 0.3) is 0 Å². The summed E-state index contributed by atoms with van der Waals surface area (Å²) in [7, 11) is -2.80. The summed E-state index contributed by atoms with van der Waals surface area (Å²) in [5.41, 5.74) is 1.08. The van der Waals surface area contributed by atoms with Gasteiger partial charge in [0, 0.05) is 17.6 Å². The molecule has 1 aromatic carbocycles. The van der Waals surface area contributed by atoms with Gasteiger partial charge in [-0.15, -0.1) is 0 Å². The summed E-state index contributed by atoms with van der Waals surface area (Å²) in [6, 6.07) is 7.67. The van der Waals surface area contributed by atoms with Crippen molar-refractivity contribution in [3.05, 3.63) is 34.9 Å². The van der Waals surface area contributed by atoms with Gasteiger partial charge in [-0.1, -0.05) is 23.7 Å². The summed E-state index contributed by atoms with van der Waals surface area (Å²) in [6.45, 7) is 0.667. The molecule has 1 saturated heterocycles. The molecular formula is C11H14ClNO2S. The quantitative estimate of drug-likeness (QED) is 0.897. The largest absolute Gasteiger partial charge is 0.309 e. The monoisotopic (exact) mass is 259 g/mol. The Balaban J connectivity index is 1.89. The maximum Gasteiger partial charge on any atom is 0.151 e. The van der Waals surface area contributed by atoms with Gasteiger partial charge in [0.25, 0.3) is 0 Å². The number of hydrogen-bond donors (Lipinski definition) is 1. The van der Waals surface area contributed by atoms with Gasteiger partial charge in [-0.3, -0.25) is 0 Å². The van der Waals surface area contributed by atoms with Gasteiger partial charge in [0.2, 0.25) is 0 Å². The smallest absolute Gasteiger partial charge is 0.151 e. The Bertz CT molecular complexity index is 473. The first-order valence-electron chi connectivity index (χ1n) is 5.23. The highest BCUT2D eigenvalue weighted by atomic mass is 35.5. The normalized spacial score (nSPS) is 23.4. The molecule has 0 bridgehead atoms. The first kappa shape index (κ1) is 11.9. The Labute approximate surface area is 101 Å². The van der Waals surface area contributed by atoms with Crippen molar-refractivity contribution in [3.8, 4) is 0 Å². The molecule has 1 fully saturated rings. The van der Waals surface area contributed by atoms with Crippen LogP contribution in [-0.2, 0) is 16.4 Å². The second kappa shape index (κ2) is 4.73. The third-order valence-corrected chi connectivity index (χ3v) is 4.72. The standard InChI is InChI=1S/C11H14ClNO2S/c12-10-3-1-2-9(6-10)7-13-11-4-5-16(14,15)8-11/h1-3,6,11,13H,4-5,7-8H2/t11-/m1/s1. The Hall–Kier alpha value is -0.580. The average Bonchev–Trinajstić information content (AvgIpc) is 2.56. The molecule has 0 aliphatic carbocycles. The molecule has 3 nitrogen and oxygen atoms in total. The van der Waals surface area contributed by atoms with Gasteiger partial charge in [0.15, 0.2) is 9.84 Å². The van der Waals surface area contributed by atoms with Crippen LogP contribution >= 0.6 is 11.6 Å². The van der Waals surface area contributed by atoms with Crippen LogP contribution in [0, 0.1) is 0 Å². The van der Waals surface area contributed by atoms with Crippen LogP contribution in [0.1, 0.15) is 12.0 Å². The zero-order valence-corrected chi connectivity index (χ0v) is 10.4. The third kappa shape index (κ3) is 3.20. The van der Waals surface area contributed by atoms with E-state index < -0.39 is 9.84 Å². The highest BCUT2D eigenvalue weighted by Crippen LogP contribution is 2.14. The van der Waals surface area contributed by atoms with Crippen molar-refractivity contribution in [3.63, 3.8) is 0 Å². The molecule has 1 aliphatic rings. The van der Waals surface area contributed by atoms with Gasteiger partial charge in [-0.05, 0) is 24.1 Å². The van der Waals surface area contributed by atoms with Gasteiger partial charge >= 0.3 is 0 Å². The van der Waals surface area contributed by atoms with Gasteiger partial charge in [-0.25, -0.2) is 8.42 Å². The van der Waals surface area contributed by atoms with Crippen molar-refractivity contribution in [1.82, 2.24) is 5.32 Å². The van der Waals surface area contributed by atoms with Crippen LogP contribution in [0.5, 0.6) is 0 Å². The fraction of sp³-hybridized carbons (Fsp3) is 0.455. The van der Waals surface area contributed by atoms with Crippen molar-refractivity contribution in [2.75, 3.05) is 11.5 Å². The molecule has 1 aromatic rings. The lowest BCUT2D eigenvalue weighted by atomic mass is 10.2. The summed E-state index contributed by atoms with van der Waals surface area (Å²) in [4.78, 5) is 0. The van der Waals surface area contributed by atoms with Crippen LogP contribution in [0.4, 0.5) is 0 Å². The zero-order valence-electron chi connectivity index (χ0n) is 8.82. The van der Waals surface area contributed by atoms with E-state index in [1.54, 1.807) is 0 Å². The number of halogens is 1. The number of benzene rings is 1.